The highest BCUT2D eigenvalue weighted by Gasteiger charge is 2.20. The summed E-state index contributed by atoms with van der Waals surface area (Å²) >= 11 is 0. The SMILES string of the molecule is O=C(NCc1ccccc1-n1ccnc1)c1cccnc1N1CCCC1. The van der Waals surface area contributed by atoms with Gasteiger partial charge in [0.2, 0.25) is 0 Å². The Bertz CT molecular complexity index is 885. The Morgan fingerprint density at radius 2 is 1.92 bits per heavy atom. The maximum atomic E-state index is 12.8. The van der Waals surface area contributed by atoms with Crippen molar-refractivity contribution in [3.63, 3.8) is 0 Å². The number of anilines is 1. The molecule has 6 nitrogen and oxygen atoms in total. The van der Waals surface area contributed by atoms with E-state index in [0.29, 0.717) is 12.1 Å². The molecule has 2 aromatic heterocycles. The summed E-state index contributed by atoms with van der Waals surface area (Å²) in [5.74, 6) is 0.686. The van der Waals surface area contributed by atoms with E-state index in [9.17, 15) is 4.79 Å². The molecule has 1 amide bonds. The van der Waals surface area contributed by atoms with Crippen LogP contribution in [0.3, 0.4) is 0 Å². The quantitative estimate of drug-likeness (QED) is 0.771. The van der Waals surface area contributed by atoms with E-state index < -0.39 is 0 Å². The van der Waals surface area contributed by atoms with Crippen LogP contribution >= 0.6 is 0 Å². The summed E-state index contributed by atoms with van der Waals surface area (Å²) in [6.45, 7) is 2.36. The van der Waals surface area contributed by atoms with Gasteiger partial charge in [0, 0.05) is 38.2 Å². The third-order valence-electron chi connectivity index (χ3n) is 4.65. The van der Waals surface area contributed by atoms with Crippen LogP contribution in [0, 0.1) is 0 Å². The predicted molar refractivity (Wildman–Crippen MR) is 100 cm³/mol. The molecule has 3 heterocycles. The maximum absolute atomic E-state index is 12.8. The topological polar surface area (TPSA) is 63.1 Å². The molecule has 0 aliphatic carbocycles. The van der Waals surface area contributed by atoms with Crippen molar-refractivity contribution < 1.29 is 4.79 Å². The van der Waals surface area contributed by atoms with Gasteiger partial charge in [-0.05, 0) is 36.6 Å². The van der Waals surface area contributed by atoms with Crippen molar-refractivity contribution in [1.82, 2.24) is 19.9 Å². The highest BCUT2D eigenvalue weighted by Crippen LogP contribution is 2.22. The van der Waals surface area contributed by atoms with Crippen LogP contribution in [0.5, 0.6) is 0 Å². The summed E-state index contributed by atoms with van der Waals surface area (Å²) in [5.41, 5.74) is 2.68. The number of nitrogens with zero attached hydrogens (tertiary/aromatic N) is 4. The van der Waals surface area contributed by atoms with Crippen molar-refractivity contribution in [1.29, 1.82) is 0 Å². The highest BCUT2D eigenvalue weighted by atomic mass is 16.1. The summed E-state index contributed by atoms with van der Waals surface area (Å²) in [7, 11) is 0. The van der Waals surface area contributed by atoms with E-state index in [1.54, 1.807) is 18.7 Å². The zero-order valence-electron chi connectivity index (χ0n) is 14.5. The summed E-state index contributed by atoms with van der Waals surface area (Å²) in [4.78, 5) is 23.5. The Kier molecular flexibility index (Phi) is 4.64. The van der Waals surface area contributed by atoms with Crippen LogP contribution in [0.4, 0.5) is 5.82 Å². The van der Waals surface area contributed by atoms with Crippen LogP contribution in [0.25, 0.3) is 5.69 Å². The number of amides is 1. The number of rotatable bonds is 5. The second kappa shape index (κ2) is 7.39. The molecule has 0 unspecified atom stereocenters. The Morgan fingerprint density at radius 1 is 1.08 bits per heavy atom. The van der Waals surface area contributed by atoms with E-state index in [1.807, 2.05) is 47.2 Å². The molecule has 26 heavy (non-hydrogen) atoms. The minimum atomic E-state index is -0.0968. The second-order valence-corrected chi connectivity index (χ2v) is 6.35. The number of aromatic nitrogens is 3. The number of pyridine rings is 1. The molecule has 1 aliphatic heterocycles. The minimum Gasteiger partial charge on any atom is -0.356 e. The molecule has 1 fully saturated rings. The van der Waals surface area contributed by atoms with Crippen molar-refractivity contribution >= 4 is 11.7 Å². The Morgan fingerprint density at radius 3 is 2.73 bits per heavy atom. The first-order valence-corrected chi connectivity index (χ1v) is 8.87. The average Bonchev–Trinajstić information content (AvgIpc) is 3.40. The average molecular weight is 347 g/mol. The zero-order chi connectivity index (χ0) is 17.8. The van der Waals surface area contributed by atoms with E-state index in [4.69, 9.17) is 0 Å². The molecule has 1 aliphatic rings. The lowest BCUT2D eigenvalue weighted by atomic mass is 10.1. The molecule has 3 aromatic rings. The van der Waals surface area contributed by atoms with Crippen LogP contribution in [0.1, 0.15) is 28.8 Å². The van der Waals surface area contributed by atoms with Crippen molar-refractivity contribution in [3.05, 3.63) is 72.4 Å². The summed E-state index contributed by atoms with van der Waals surface area (Å²) < 4.78 is 1.95. The molecule has 0 radical (unpaired) electrons. The third kappa shape index (κ3) is 3.31. The smallest absolute Gasteiger partial charge is 0.255 e. The van der Waals surface area contributed by atoms with E-state index >= 15 is 0 Å². The molecule has 1 N–H and O–H groups in total. The molecule has 6 heteroatoms. The molecule has 132 valence electrons. The molecule has 4 rings (SSSR count). The molecule has 0 bridgehead atoms. The van der Waals surface area contributed by atoms with Gasteiger partial charge in [0.15, 0.2) is 0 Å². The van der Waals surface area contributed by atoms with Crippen molar-refractivity contribution in [2.24, 2.45) is 0 Å². The van der Waals surface area contributed by atoms with Gasteiger partial charge in [-0.1, -0.05) is 18.2 Å². The number of carbonyl (C=O) groups excluding carboxylic acids is 1. The van der Waals surface area contributed by atoms with Crippen LogP contribution in [-0.2, 0) is 6.54 Å². The van der Waals surface area contributed by atoms with Crippen molar-refractivity contribution in [3.8, 4) is 5.69 Å². The fourth-order valence-electron chi connectivity index (χ4n) is 3.34. The Labute approximate surface area is 152 Å². The van der Waals surface area contributed by atoms with Gasteiger partial charge < -0.3 is 14.8 Å². The highest BCUT2D eigenvalue weighted by molar-refractivity contribution is 5.98. The fraction of sp³-hybridized carbons (Fsp3) is 0.250. The fourth-order valence-corrected chi connectivity index (χ4v) is 3.34. The van der Waals surface area contributed by atoms with Crippen molar-refractivity contribution in [2.45, 2.75) is 19.4 Å². The summed E-state index contributed by atoms with van der Waals surface area (Å²) in [6, 6.07) is 11.6. The molecule has 1 saturated heterocycles. The molecular weight excluding hydrogens is 326 g/mol. The molecule has 1 aromatic carbocycles. The van der Waals surface area contributed by atoms with Gasteiger partial charge in [-0.3, -0.25) is 4.79 Å². The lowest BCUT2D eigenvalue weighted by Gasteiger charge is -2.19. The molecule has 0 atom stereocenters. The number of carbonyl (C=O) groups is 1. The predicted octanol–water partition coefficient (Wildman–Crippen LogP) is 2.80. The standard InChI is InChI=1S/C20H21N5O/c26-20(17-7-5-9-22-19(17)24-11-3-4-12-24)23-14-16-6-1-2-8-18(16)25-13-10-21-15-25/h1-2,5-10,13,15H,3-4,11-12,14H2,(H,23,26). The monoisotopic (exact) mass is 347 g/mol. The van der Waals surface area contributed by atoms with E-state index in [1.165, 1.54) is 0 Å². The lowest BCUT2D eigenvalue weighted by Crippen LogP contribution is -2.28. The number of imidazole rings is 1. The summed E-state index contributed by atoms with van der Waals surface area (Å²) in [6.07, 6.45) is 9.44. The lowest BCUT2D eigenvalue weighted by molar-refractivity contribution is 0.0951. The minimum absolute atomic E-state index is 0.0968. The molecular formula is C20H21N5O. The normalized spacial score (nSPS) is 13.8. The Hall–Kier alpha value is -3.15. The Balaban J connectivity index is 1.52. The van der Waals surface area contributed by atoms with E-state index in [-0.39, 0.29) is 5.91 Å². The number of hydrogen-bond acceptors (Lipinski definition) is 4. The van der Waals surface area contributed by atoms with Crippen LogP contribution in [0.15, 0.2) is 61.3 Å². The van der Waals surface area contributed by atoms with Gasteiger partial charge in [-0.15, -0.1) is 0 Å². The third-order valence-corrected chi connectivity index (χ3v) is 4.65. The van der Waals surface area contributed by atoms with Crippen LogP contribution in [-0.4, -0.2) is 33.5 Å². The van der Waals surface area contributed by atoms with E-state index in [0.717, 1.165) is 43.0 Å². The van der Waals surface area contributed by atoms with Gasteiger partial charge in [0.25, 0.3) is 5.91 Å². The van der Waals surface area contributed by atoms with Crippen LogP contribution < -0.4 is 10.2 Å². The first kappa shape index (κ1) is 16.3. The van der Waals surface area contributed by atoms with Crippen molar-refractivity contribution in [2.75, 3.05) is 18.0 Å². The summed E-state index contributed by atoms with van der Waals surface area (Å²) in [5, 5.41) is 3.04. The van der Waals surface area contributed by atoms with Gasteiger partial charge in [0.05, 0.1) is 17.6 Å². The maximum Gasteiger partial charge on any atom is 0.255 e. The van der Waals surface area contributed by atoms with Gasteiger partial charge in [-0.2, -0.15) is 0 Å². The van der Waals surface area contributed by atoms with E-state index in [2.05, 4.69) is 20.2 Å². The molecule has 0 saturated carbocycles. The first-order chi connectivity index (χ1) is 12.8. The number of benzene rings is 1. The van der Waals surface area contributed by atoms with Gasteiger partial charge in [0.1, 0.15) is 5.82 Å². The number of hydrogen-bond donors (Lipinski definition) is 1. The first-order valence-electron chi connectivity index (χ1n) is 8.87. The zero-order valence-corrected chi connectivity index (χ0v) is 14.5. The largest absolute Gasteiger partial charge is 0.356 e. The number of para-hydroxylation sites is 1. The molecule has 0 spiro atoms. The number of nitrogens with one attached hydrogen (secondary N) is 1. The second-order valence-electron chi connectivity index (χ2n) is 6.35. The van der Waals surface area contributed by atoms with Gasteiger partial charge >= 0.3 is 0 Å². The van der Waals surface area contributed by atoms with Gasteiger partial charge in [-0.25, -0.2) is 9.97 Å². The van der Waals surface area contributed by atoms with Crippen LogP contribution in [0.2, 0.25) is 0 Å².